The molecule has 3 unspecified atom stereocenters. The summed E-state index contributed by atoms with van der Waals surface area (Å²) in [4.78, 5) is 38.6. The van der Waals surface area contributed by atoms with Crippen molar-refractivity contribution in [1.82, 2.24) is 0 Å². The van der Waals surface area contributed by atoms with Crippen LogP contribution in [-0.4, -0.2) is 414 Å². The van der Waals surface area contributed by atoms with Gasteiger partial charge in [0.2, 0.25) is 0 Å². The van der Waals surface area contributed by atoms with Crippen molar-refractivity contribution < 1.29 is 212 Å². The Morgan fingerprint density at radius 1 is 0.312 bits per heavy atom. The molecule has 6 heterocycles. The SMILES string of the molecule is CCCCCCCCCCCCCCCC(=O)OCC(COP(=O)(O)O[C@@H]1[C@H](O[C@H]2O[C@H](CO)[C@@H](O)[C@H](O)[C@@H]2O)[C@H](O)[C@@H](O)[C@H](O)[C@H]1O[C@H]1O[C@H](CO[C@H]2O[C@H](CO[C@H]3O[C@H](CO)[C@@H](O)[C@H](O)[C@@H]3O[C@H]3O[C@H](CO)[C@@H](O)[C@H](O)[C@@H]3O[C@H]3O[C@H](CO)[C@@H](O)[C@H](O)[C@@H]3O)[C@@H](O)[C@H](O)[C@@H]2O)[C@@H](O)[C@H](O)[C@@H]1O)OC(=O)CCCCCCCC(C)CCCCCCCCCC. The molecule has 1 saturated carbocycles. The van der Waals surface area contributed by atoms with Crippen LogP contribution in [0, 0.1) is 5.92 Å². The first-order valence-corrected chi connectivity index (χ1v) is 46.3. The van der Waals surface area contributed by atoms with Gasteiger partial charge in [-0.15, -0.1) is 0 Å². The minimum atomic E-state index is -5.90. The van der Waals surface area contributed by atoms with Crippen LogP contribution in [0.2, 0.25) is 0 Å². The number of rotatable bonds is 57. The summed E-state index contributed by atoms with van der Waals surface area (Å²) >= 11 is 0. The second-order valence-electron chi connectivity index (χ2n) is 34.2. The van der Waals surface area contributed by atoms with E-state index in [1.165, 1.54) is 89.9 Å². The van der Waals surface area contributed by atoms with Crippen LogP contribution in [0.5, 0.6) is 0 Å². The zero-order valence-corrected chi connectivity index (χ0v) is 72.6. The largest absolute Gasteiger partial charge is 0.472 e. The summed E-state index contributed by atoms with van der Waals surface area (Å²) in [6.45, 7) is -1.31. The number of hydrogen-bond acceptors (Lipinski definition) is 42. The zero-order chi connectivity index (χ0) is 91.8. The lowest BCUT2D eigenvalue weighted by atomic mass is 9.84. The van der Waals surface area contributed by atoms with E-state index in [1.807, 2.05) is 0 Å². The predicted octanol–water partition coefficient (Wildman–Crippen LogP) is -3.91. The third-order valence-electron chi connectivity index (χ3n) is 24.2. The molecule has 44 heteroatoms. The van der Waals surface area contributed by atoms with Crippen molar-refractivity contribution in [1.29, 1.82) is 0 Å². The van der Waals surface area contributed by atoms with Crippen LogP contribution in [0.25, 0.3) is 0 Å². The van der Waals surface area contributed by atoms with E-state index in [9.17, 15) is 136 Å². The van der Waals surface area contributed by atoms with Gasteiger partial charge < -0.3 is 189 Å². The maximum absolute atomic E-state index is 14.6. The van der Waals surface area contributed by atoms with Crippen LogP contribution >= 0.6 is 7.82 Å². The Morgan fingerprint density at radius 2 is 0.600 bits per heavy atom. The molecule has 0 aromatic carbocycles. The summed E-state index contributed by atoms with van der Waals surface area (Å²) in [6, 6.07) is 0. The van der Waals surface area contributed by atoms with E-state index in [1.54, 1.807) is 0 Å². The number of phosphoric acid groups is 1. The molecule has 39 atom stereocenters. The Bertz CT molecular complexity index is 2980. The molecule has 125 heavy (non-hydrogen) atoms. The highest BCUT2D eigenvalue weighted by molar-refractivity contribution is 7.47. The Balaban J connectivity index is 1.05. The standard InChI is InChI=1S/C81H147O43P/c1-4-6-8-10-12-14-15-16-17-18-20-24-28-32-50(86)109-38-43(113-51(87)33-29-25-21-23-27-31-42(3)30-26-22-19-13-11-9-7-5-2)39-112-125(107,108)124-75-71(120-77-68(104)58(94)52(88)44(34-82)114-77)65(101)62(98)66(102)72(75)121-79-70(106)61(97)57(93)49(119-79)40-110-76-67(103)60(96)56(92)48(118-76)41-111-80-73(63(99)54(90)46(36-84)116-80)123-81-74(64(100)55(91)47(37-85)117-81)122-78-69(105)59(95)53(89)45(35-83)115-78/h42-49,52-85,88-106H,4-41H2,1-3H3,(H,107,108)/t42?,43?,44-,45-,46-,47-,48-,49-,52-,53-,54-,55-,56-,57-,58+,59+,60+,61+,62-,63+,64+,65-,66+,67+,68+,69+,70+,71-,72-,73+,74+,75-,76+,77-,78-,79-,80+,81-/m1/s1. The number of ether oxygens (including phenoxy) is 14. The van der Waals surface area contributed by atoms with Gasteiger partial charge in [-0.25, -0.2) is 4.57 Å². The average Bonchev–Trinajstić information content (AvgIpc) is 0.772. The Labute approximate surface area is 728 Å². The lowest BCUT2D eigenvalue weighted by Crippen LogP contribution is -2.69. The normalized spacial score (nSPS) is 39.4. The first kappa shape index (κ1) is 110. The molecule has 6 aliphatic heterocycles. The van der Waals surface area contributed by atoms with Gasteiger partial charge in [-0.1, -0.05) is 188 Å². The van der Waals surface area contributed by atoms with Crippen molar-refractivity contribution in [3.63, 3.8) is 0 Å². The third-order valence-corrected chi connectivity index (χ3v) is 25.2. The molecule has 0 bridgehead atoms. The first-order chi connectivity index (χ1) is 59.7. The van der Waals surface area contributed by atoms with Crippen molar-refractivity contribution in [2.24, 2.45) is 5.92 Å². The fourth-order valence-electron chi connectivity index (χ4n) is 16.3. The van der Waals surface area contributed by atoms with E-state index in [4.69, 9.17) is 75.4 Å². The molecule has 7 rings (SSSR count). The lowest BCUT2D eigenvalue weighted by Gasteiger charge is -2.49. The number of carbonyl (C=O) groups is 2. The fourth-order valence-corrected chi connectivity index (χ4v) is 17.3. The highest BCUT2D eigenvalue weighted by Gasteiger charge is 2.60. The van der Waals surface area contributed by atoms with E-state index >= 15 is 0 Å². The summed E-state index contributed by atoms with van der Waals surface area (Å²) in [5.41, 5.74) is 0. The summed E-state index contributed by atoms with van der Waals surface area (Å²) in [5, 5.41) is 252. The molecule has 0 radical (unpaired) electrons. The number of aliphatic hydroxyl groups is 23. The van der Waals surface area contributed by atoms with Gasteiger partial charge in [0.25, 0.3) is 0 Å². The average molecular weight is 1840 g/mol. The number of unbranched alkanes of at least 4 members (excludes halogenated alkanes) is 23. The van der Waals surface area contributed by atoms with E-state index in [2.05, 4.69) is 20.8 Å². The molecule has 24 N–H and O–H groups in total. The third kappa shape index (κ3) is 32.7. The molecule has 7 aliphatic rings. The van der Waals surface area contributed by atoms with Crippen LogP contribution in [-0.2, 0) is 89.5 Å². The van der Waals surface area contributed by atoms with E-state index < -0.39 is 300 Å². The minimum Gasteiger partial charge on any atom is -0.462 e. The summed E-state index contributed by atoms with van der Waals surface area (Å²) in [7, 11) is -5.90. The molecule has 6 saturated heterocycles. The van der Waals surface area contributed by atoms with Gasteiger partial charge in [0, 0.05) is 12.8 Å². The van der Waals surface area contributed by atoms with Gasteiger partial charge in [-0.05, 0) is 18.8 Å². The number of phosphoric ester groups is 1. The van der Waals surface area contributed by atoms with E-state index in [0.717, 1.165) is 64.2 Å². The van der Waals surface area contributed by atoms with Crippen molar-refractivity contribution in [2.45, 2.75) is 440 Å². The van der Waals surface area contributed by atoms with Crippen LogP contribution in [0.3, 0.4) is 0 Å². The summed E-state index contributed by atoms with van der Waals surface area (Å²) in [5.74, 6) is -0.925. The number of aliphatic hydroxyl groups excluding tert-OH is 23. The Morgan fingerprint density at radius 3 is 1.01 bits per heavy atom. The number of esters is 2. The van der Waals surface area contributed by atoms with Crippen molar-refractivity contribution >= 4 is 19.8 Å². The van der Waals surface area contributed by atoms with Gasteiger partial charge in [0.15, 0.2) is 43.8 Å². The Hall–Kier alpha value is -2.35. The van der Waals surface area contributed by atoms with Crippen molar-refractivity contribution in [3.05, 3.63) is 0 Å². The maximum Gasteiger partial charge on any atom is 0.472 e. The van der Waals surface area contributed by atoms with Crippen LogP contribution in [0.4, 0.5) is 0 Å². The van der Waals surface area contributed by atoms with Gasteiger partial charge in [-0.2, -0.15) is 0 Å². The monoisotopic (exact) mass is 1840 g/mol. The molecule has 43 nitrogen and oxygen atoms in total. The fraction of sp³-hybridized carbons (Fsp3) is 0.975. The molecule has 0 aromatic rings. The zero-order valence-electron chi connectivity index (χ0n) is 71.7. The van der Waals surface area contributed by atoms with Gasteiger partial charge >= 0.3 is 19.8 Å². The maximum atomic E-state index is 14.6. The van der Waals surface area contributed by atoms with E-state index in [0.29, 0.717) is 31.6 Å². The molecule has 0 aromatic heterocycles. The molecular weight excluding hydrogens is 1690 g/mol. The van der Waals surface area contributed by atoms with E-state index in [-0.39, 0.29) is 12.8 Å². The topological polar surface area (TPSA) is 684 Å². The summed E-state index contributed by atoms with van der Waals surface area (Å²) < 4.78 is 106. The molecular formula is C81H147O43P. The highest BCUT2D eigenvalue weighted by atomic mass is 31.2. The number of carbonyl (C=O) groups excluding carboxylic acids is 2. The predicted molar refractivity (Wildman–Crippen MR) is 426 cm³/mol. The van der Waals surface area contributed by atoms with Crippen molar-refractivity contribution in [3.8, 4) is 0 Å². The van der Waals surface area contributed by atoms with Crippen LogP contribution in [0.1, 0.15) is 213 Å². The Kier molecular flexibility index (Phi) is 49.2. The van der Waals surface area contributed by atoms with Crippen LogP contribution < -0.4 is 0 Å². The van der Waals surface area contributed by atoms with Gasteiger partial charge in [0.1, 0.15) is 190 Å². The minimum absolute atomic E-state index is 0.0338. The highest BCUT2D eigenvalue weighted by Crippen LogP contribution is 2.49. The lowest BCUT2D eigenvalue weighted by molar-refractivity contribution is -0.396. The van der Waals surface area contributed by atoms with Gasteiger partial charge in [-0.3, -0.25) is 18.6 Å². The molecule has 734 valence electrons. The quantitative estimate of drug-likeness (QED) is 0.0157. The van der Waals surface area contributed by atoms with Gasteiger partial charge in [0.05, 0.1) is 46.2 Å². The molecule has 0 spiro atoms. The second kappa shape index (κ2) is 56.1. The second-order valence-corrected chi connectivity index (χ2v) is 35.6. The smallest absolute Gasteiger partial charge is 0.462 e. The molecule has 7 fully saturated rings. The first-order valence-electron chi connectivity index (χ1n) is 44.8. The van der Waals surface area contributed by atoms with Crippen molar-refractivity contribution in [2.75, 3.05) is 52.9 Å². The number of hydrogen-bond donors (Lipinski definition) is 24. The van der Waals surface area contributed by atoms with Crippen LogP contribution in [0.15, 0.2) is 0 Å². The summed E-state index contributed by atoms with van der Waals surface area (Å²) in [6.07, 6.45) is -50.0. The molecule has 0 amide bonds. The molecule has 1 aliphatic carbocycles.